The first-order valence-corrected chi connectivity index (χ1v) is 10.9. The van der Waals surface area contributed by atoms with E-state index in [1.165, 1.54) is 4.68 Å². The predicted molar refractivity (Wildman–Crippen MR) is 123 cm³/mol. The van der Waals surface area contributed by atoms with Crippen molar-refractivity contribution in [2.45, 2.75) is 19.8 Å². The van der Waals surface area contributed by atoms with Gasteiger partial charge in [-0.2, -0.15) is 0 Å². The number of fused-ring (bicyclic) bond motifs is 1. The molecule has 1 aliphatic heterocycles. The molecular weight excluding hydrogens is 476 g/mol. The van der Waals surface area contributed by atoms with Crippen molar-refractivity contribution in [3.63, 3.8) is 0 Å². The summed E-state index contributed by atoms with van der Waals surface area (Å²) in [5, 5.41) is 2.69. The van der Waals surface area contributed by atoms with Gasteiger partial charge in [-0.05, 0) is 43.7 Å². The highest BCUT2D eigenvalue weighted by Gasteiger charge is 2.35. The van der Waals surface area contributed by atoms with Gasteiger partial charge in [0.25, 0.3) is 17.4 Å². The van der Waals surface area contributed by atoms with Crippen LogP contribution in [-0.2, 0) is 11.8 Å². The lowest BCUT2D eigenvalue weighted by Gasteiger charge is -2.13. The summed E-state index contributed by atoms with van der Waals surface area (Å²) in [6.45, 7) is 1.88. The highest BCUT2D eigenvalue weighted by Crippen LogP contribution is 2.26. The van der Waals surface area contributed by atoms with Crippen molar-refractivity contribution in [1.82, 2.24) is 14.3 Å². The van der Waals surface area contributed by atoms with Gasteiger partial charge in [-0.25, -0.2) is 4.68 Å². The topological polar surface area (TPSA) is 93.4 Å². The van der Waals surface area contributed by atoms with Crippen LogP contribution in [0.5, 0.6) is 0 Å². The largest absolute Gasteiger partial charge is 0.320 e. The van der Waals surface area contributed by atoms with Gasteiger partial charge < -0.3 is 5.32 Å². The Morgan fingerprint density at radius 2 is 1.69 bits per heavy atom. The normalized spacial score (nSPS) is 12.9. The smallest absolute Gasteiger partial charge is 0.295 e. The molecule has 3 amide bonds. The Morgan fingerprint density at radius 3 is 2.41 bits per heavy atom. The zero-order valence-corrected chi connectivity index (χ0v) is 19.2. The molecule has 0 radical (unpaired) electrons. The van der Waals surface area contributed by atoms with Crippen LogP contribution in [0, 0.1) is 6.92 Å². The monoisotopic (exact) mass is 496 g/mol. The van der Waals surface area contributed by atoms with E-state index in [0.29, 0.717) is 22.5 Å². The Bertz CT molecular complexity index is 1290. The lowest BCUT2D eigenvalue weighted by molar-refractivity contribution is -0.116. The van der Waals surface area contributed by atoms with Crippen molar-refractivity contribution in [2.75, 3.05) is 11.9 Å². The van der Waals surface area contributed by atoms with Gasteiger partial charge >= 0.3 is 0 Å². The quantitative estimate of drug-likeness (QED) is 0.530. The molecule has 0 fully saturated rings. The highest BCUT2D eigenvalue weighted by molar-refractivity contribution is 9.10. The SMILES string of the molecule is Cc1c(NC(=O)CCCN2C(=O)c3ccc(Br)cc3C2=O)c(=O)n(-c2ccccc2)n1C. The van der Waals surface area contributed by atoms with Gasteiger partial charge in [0.05, 0.1) is 22.5 Å². The molecule has 3 aromatic rings. The first-order valence-electron chi connectivity index (χ1n) is 10.1. The molecule has 32 heavy (non-hydrogen) atoms. The van der Waals surface area contributed by atoms with E-state index in [1.54, 1.807) is 36.9 Å². The minimum atomic E-state index is -0.364. The fourth-order valence-corrected chi connectivity index (χ4v) is 4.14. The summed E-state index contributed by atoms with van der Waals surface area (Å²) in [5.74, 6) is -1.07. The third-order valence-electron chi connectivity index (χ3n) is 5.54. The maximum absolute atomic E-state index is 12.9. The summed E-state index contributed by atoms with van der Waals surface area (Å²) in [4.78, 5) is 51.6. The fraction of sp³-hybridized carbons (Fsp3) is 0.217. The van der Waals surface area contributed by atoms with Crippen LogP contribution in [-0.4, -0.2) is 38.5 Å². The van der Waals surface area contributed by atoms with Gasteiger partial charge in [0, 0.05) is 24.5 Å². The van der Waals surface area contributed by atoms with Gasteiger partial charge in [0.1, 0.15) is 5.69 Å². The first kappa shape index (κ1) is 21.8. The summed E-state index contributed by atoms with van der Waals surface area (Å²) in [6, 6.07) is 14.1. The average molecular weight is 497 g/mol. The molecule has 0 aliphatic carbocycles. The third kappa shape index (κ3) is 3.80. The number of amides is 3. The first-order chi connectivity index (χ1) is 15.3. The van der Waals surface area contributed by atoms with E-state index in [9.17, 15) is 19.2 Å². The Morgan fingerprint density at radius 1 is 1.00 bits per heavy atom. The molecule has 2 aromatic carbocycles. The molecule has 9 heteroatoms. The number of nitrogens with one attached hydrogen (secondary N) is 1. The highest BCUT2D eigenvalue weighted by atomic mass is 79.9. The second-order valence-electron chi connectivity index (χ2n) is 7.54. The van der Waals surface area contributed by atoms with E-state index in [1.807, 2.05) is 30.3 Å². The van der Waals surface area contributed by atoms with Crippen LogP contribution in [0.15, 0.2) is 57.8 Å². The maximum atomic E-state index is 12.9. The number of carbonyl (C=O) groups excluding carboxylic acids is 3. The van der Waals surface area contributed by atoms with Gasteiger partial charge in [-0.3, -0.25) is 28.8 Å². The predicted octanol–water partition coefficient (Wildman–Crippen LogP) is 3.26. The average Bonchev–Trinajstić information content (AvgIpc) is 3.13. The number of para-hydroxylation sites is 1. The van der Waals surface area contributed by atoms with Crippen LogP contribution >= 0.6 is 15.9 Å². The summed E-state index contributed by atoms with van der Waals surface area (Å²) in [6.07, 6.45) is 0.355. The molecule has 0 saturated carbocycles. The second kappa shape index (κ2) is 8.58. The number of hydrogen-bond donors (Lipinski definition) is 1. The molecule has 8 nitrogen and oxygen atoms in total. The fourth-order valence-electron chi connectivity index (χ4n) is 3.78. The number of aromatic nitrogens is 2. The Labute approximate surface area is 192 Å². The minimum Gasteiger partial charge on any atom is -0.320 e. The van der Waals surface area contributed by atoms with Crippen molar-refractivity contribution in [2.24, 2.45) is 7.05 Å². The zero-order chi connectivity index (χ0) is 23.0. The Kier molecular flexibility index (Phi) is 5.84. The van der Waals surface area contributed by atoms with Gasteiger partial charge in [-0.1, -0.05) is 34.1 Å². The molecule has 1 N–H and O–H groups in total. The number of nitrogens with zero attached hydrogens (tertiary/aromatic N) is 3. The van der Waals surface area contributed by atoms with E-state index < -0.39 is 0 Å². The molecule has 164 valence electrons. The van der Waals surface area contributed by atoms with Crippen molar-refractivity contribution in [1.29, 1.82) is 0 Å². The van der Waals surface area contributed by atoms with Crippen LogP contribution in [0.2, 0.25) is 0 Å². The van der Waals surface area contributed by atoms with Crippen LogP contribution in [0.3, 0.4) is 0 Å². The molecule has 0 bridgehead atoms. The van der Waals surface area contributed by atoms with Crippen LogP contribution < -0.4 is 10.9 Å². The molecule has 0 atom stereocenters. The third-order valence-corrected chi connectivity index (χ3v) is 6.03. The molecule has 1 aromatic heterocycles. The van der Waals surface area contributed by atoms with Crippen LogP contribution in [0.25, 0.3) is 5.69 Å². The molecular formula is C23H21BrN4O4. The number of imide groups is 1. The maximum Gasteiger partial charge on any atom is 0.295 e. The minimum absolute atomic E-state index is 0.0657. The lowest BCUT2D eigenvalue weighted by Crippen LogP contribution is -2.31. The lowest BCUT2D eigenvalue weighted by atomic mass is 10.1. The number of benzene rings is 2. The number of anilines is 1. The molecule has 0 unspecified atom stereocenters. The summed E-state index contributed by atoms with van der Waals surface area (Å²) in [7, 11) is 1.75. The van der Waals surface area contributed by atoms with Gasteiger partial charge in [0.2, 0.25) is 5.91 Å². The van der Waals surface area contributed by atoms with Crippen molar-refractivity contribution in [3.05, 3.63) is 80.2 Å². The standard InChI is InChI=1S/C23H21BrN4O4/c1-14-20(23(32)28(26(14)2)16-7-4-3-5-8-16)25-19(29)9-6-12-27-21(30)17-11-10-15(24)13-18(17)22(27)31/h3-5,7-8,10-11,13H,6,9,12H2,1-2H3,(H,25,29). The summed E-state index contributed by atoms with van der Waals surface area (Å²) >= 11 is 3.30. The van der Waals surface area contributed by atoms with E-state index in [4.69, 9.17) is 0 Å². The summed E-state index contributed by atoms with van der Waals surface area (Å²) < 4.78 is 3.89. The number of rotatable bonds is 6. The molecule has 2 heterocycles. The number of halogens is 1. The molecule has 0 saturated heterocycles. The number of carbonyl (C=O) groups is 3. The van der Waals surface area contributed by atoms with Gasteiger partial charge in [-0.15, -0.1) is 0 Å². The van der Waals surface area contributed by atoms with Crippen molar-refractivity contribution in [3.8, 4) is 5.69 Å². The van der Waals surface area contributed by atoms with Crippen LogP contribution in [0.1, 0.15) is 39.3 Å². The zero-order valence-electron chi connectivity index (χ0n) is 17.6. The van der Waals surface area contributed by atoms with Crippen LogP contribution in [0.4, 0.5) is 5.69 Å². The number of hydrogen-bond acceptors (Lipinski definition) is 4. The molecule has 1 aliphatic rings. The molecule has 4 rings (SSSR count). The van der Waals surface area contributed by atoms with E-state index in [2.05, 4.69) is 21.2 Å². The van der Waals surface area contributed by atoms with Crippen molar-refractivity contribution < 1.29 is 14.4 Å². The Hall–Kier alpha value is -3.46. The van der Waals surface area contributed by atoms with Crippen molar-refractivity contribution >= 4 is 39.3 Å². The Balaban J connectivity index is 1.41. The van der Waals surface area contributed by atoms with E-state index in [-0.39, 0.29) is 48.4 Å². The summed E-state index contributed by atoms with van der Waals surface area (Å²) in [5.41, 5.74) is 1.93. The van der Waals surface area contributed by atoms with E-state index >= 15 is 0 Å². The van der Waals surface area contributed by atoms with E-state index in [0.717, 1.165) is 9.37 Å². The second-order valence-corrected chi connectivity index (χ2v) is 8.46. The van der Waals surface area contributed by atoms with Gasteiger partial charge in [0.15, 0.2) is 0 Å². The molecule has 0 spiro atoms.